The molecule has 1 amide bonds. The Bertz CT molecular complexity index is 610. The van der Waals surface area contributed by atoms with Gasteiger partial charge in [0.25, 0.3) is 5.91 Å². The quantitative estimate of drug-likeness (QED) is 0.882. The van der Waals surface area contributed by atoms with Crippen molar-refractivity contribution in [3.63, 3.8) is 0 Å². The van der Waals surface area contributed by atoms with E-state index in [0.717, 1.165) is 17.0 Å². The van der Waals surface area contributed by atoms with Gasteiger partial charge in [-0.05, 0) is 54.6 Å². The first kappa shape index (κ1) is 14.9. The van der Waals surface area contributed by atoms with E-state index in [2.05, 4.69) is 11.6 Å². The molecule has 0 bridgehead atoms. The van der Waals surface area contributed by atoms with E-state index in [1.165, 1.54) is 5.56 Å². The molecule has 0 radical (unpaired) electrons. The van der Waals surface area contributed by atoms with Crippen LogP contribution in [0.25, 0.3) is 0 Å². The van der Waals surface area contributed by atoms with Crippen molar-refractivity contribution >= 4 is 35.0 Å². The van der Waals surface area contributed by atoms with Crippen molar-refractivity contribution < 1.29 is 4.79 Å². The van der Waals surface area contributed by atoms with Crippen molar-refractivity contribution in [2.45, 2.75) is 12.7 Å². The van der Waals surface area contributed by atoms with E-state index in [1.54, 1.807) is 17.8 Å². The Morgan fingerprint density at radius 1 is 1.20 bits per heavy atom. The molecule has 0 saturated heterocycles. The Morgan fingerprint density at radius 2 is 1.90 bits per heavy atom. The Balaban J connectivity index is 2.11. The first-order chi connectivity index (χ1) is 9.60. The fourth-order valence-electron chi connectivity index (χ4n) is 1.88. The van der Waals surface area contributed by atoms with Gasteiger partial charge in [-0.3, -0.25) is 4.79 Å². The minimum Gasteiger partial charge on any atom is -0.322 e. The molecule has 0 aliphatic rings. The second-order valence-corrected chi connectivity index (χ2v) is 5.85. The lowest BCUT2D eigenvalue weighted by Gasteiger charge is -2.09. The average molecular weight is 306 g/mol. The Labute approximate surface area is 128 Å². The molecule has 104 valence electrons. The number of hydrogen-bond donors (Lipinski definition) is 1. The molecular weight excluding hydrogens is 290 g/mol. The van der Waals surface area contributed by atoms with Crippen molar-refractivity contribution in [3.05, 3.63) is 64.2 Å². The standard InChI is InChI=1S/C16H16ClNOS/c1-11-9-14(17)7-8-15(11)18-16(19)13-5-3-12(4-6-13)10-20-2/h3-9H,10H2,1-2H3,(H,18,19). The molecule has 1 N–H and O–H groups in total. The van der Waals surface area contributed by atoms with Gasteiger partial charge >= 0.3 is 0 Å². The molecule has 20 heavy (non-hydrogen) atoms. The fourth-order valence-corrected chi connectivity index (χ4v) is 2.63. The molecule has 2 aromatic rings. The number of halogens is 1. The molecule has 0 aliphatic carbocycles. The second kappa shape index (κ2) is 6.82. The summed E-state index contributed by atoms with van der Waals surface area (Å²) < 4.78 is 0. The van der Waals surface area contributed by atoms with E-state index in [0.29, 0.717) is 10.6 Å². The van der Waals surface area contributed by atoms with Gasteiger partial charge in [0.1, 0.15) is 0 Å². The van der Waals surface area contributed by atoms with Crippen molar-refractivity contribution in [2.24, 2.45) is 0 Å². The SMILES string of the molecule is CSCc1ccc(C(=O)Nc2ccc(Cl)cc2C)cc1. The van der Waals surface area contributed by atoms with Gasteiger partial charge in [-0.25, -0.2) is 0 Å². The van der Waals surface area contributed by atoms with E-state index >= 15 is 0 Å². The van der Waals surface area contributed by atoms with Gasteiger partial charge in [-0.15, -0.1) is 0 Å². The van der Waals surface area contributed by atoms with Crippen LogP contribution in [-0.4, -0.2) is 12.2 Å². The van der Waals surface area contributed by atoms with Crippen LogP contribution < -0.4 is 5.32 Å². The highest BCUT2D eigenvalue weighted by molar-refractivity contribution is 7.97. The highest BCUT2D eigenvalue weighted by Gasteiger charge is 2.07. The number of carbonyl (C=O) groups is 1. The summed E-state index contributed by atoms with van der Waals surface area (Å²) >= 11 is 7.66. The molecule has 0 aliphatic heterocycles. The smallest absolute Gasteiger partial charge is 0.255 e. The van der Waals surface area contributed by atoms with Crippen molar-refractivity contribution in [1.29, 1.82) is 0 Å². The number of thioether (sulfide) groups is 1. The first-order valence-corrected chi connectivity index (χ1v) is 8.02. The number of hydrogen-bond acceptors (Lipinski definition) is 2. The highest BCUT2D eigenvalue weighted by atomic mass is 35.5. The van der Waals surface area contributed by atoms with E-state index in [-0.39, 0.29) is 5.91 Å². The summed E-state index contributed by atoms with van der Waals surface area (Å²) in [7, 11) is 0. The zero-order chi connectivity index (χ0) is 14.5. The number of carbonyl (C=O) groups excluding carboxylic acids is 1. The van der Waals surface area contributed by atoms with Crippen LogP contribution in [0.4, 0.5) is 5.69 Å². The summed E-state index contributed by atoms with van der Waals surface area (Å²) in [6.45, 7) is 1.92. The number of aryl methyl sites for hydroxylation is 1. The van der Waals surface area contributed by atoms with Crippen LogP contribution in [0.3, 0.4) is 0 Å². The van der Waals surface area contributed by atoms with Crippen LogP contribution in [0.2, 0.25) is 5.02 Å². The Kier molecular flexibility index (Phi) is 5.10. The molecule has 0 saturated carbocycles. The van der Waals surface area contributed by atoms with Crippen LogP contribution in [-0.2, 0) is 5.75 Å². The van der Waals surface area contributed by atoms with Crippen LogP contribution >= 0.6 is 23.4 Å². The van der Waals surface area contributed by atoms with Gasteiger partial charge < -0.3 is 5.32 Å². The third kappa shape index (κ3) is 3.78. The van der Waals surface area contributed by atoms with Crippen LogP contribution in [0.1, 0.15) is 21.5 Å². The second-order valence-electron chi connectivity index (χ2n) is 4.54. The maximum absolute atomic E-state index is 12.2. The lowest BCUT2D eigenvalue weighted by atomic mass is 10.1. The number of rotatable bonds is 4. The van der Waals surface area contributed by atoms with E-state index in [4.69, 9.17) is 11.6 Å². The third-order valence-corrected chi connectivity index (χ3v) is 3.82. The number of amides is 1. The van der Waals surface area contributed by atoms with Gasteiger partial charge in [0.15, 0.2) is 0 Å². The monoisotopic (exact) mass is 305 g/mol. The summed E-state index contributed by atoms with van der Waals surface area (Å²) in [5, 5.41) is 3.57. The lowest BCUT2D eigenvalue weighted by Crippen LogP contribution is -2.12. The molecule has 0 heterocycles. The molecule has 0 fully saturated rings. The molecule has 4 heteroatoms. The predicted octanol–water partition coefficient (Wildman–Crippen LogP) is 4.76. The maximum atomic E-state index is 12.2. The minimum atomic E-state index is -0.105. The van der Waals surface area contributed by atoms with Crippen molar-refractivity contribution in [1.82, 2.24) is 0 Å². The summed E-state index contributed by atoms with van der Waals surface area (Å²) in [5.41, 5.74) is 3.61. The Hall–Kier alpha value is -1.45. The number of anilines is 1. The average Bonchev–Trinajstić information content (AvgIpc) is 2.43. The van der Waals surface area contributed by atoms with Crippen LogP contribution in [0.5, 0.6) is 0 Å². The topological polar surface area (TPSA) is 29.1 Å². The lowest BCUT2D eigenvalue weighted by molar-refractivity contribution is 0.102. The van der Waals surface area contributed by atoms with E-state index in [1.807, 2.05) is 43.3 Å². The first-order valence-electron chi connectivity index (χ1n) is 6.25. The zero-order valence-electron chi connectivity index (χ0n) is 11.4. The fraction of sp³-hybridized carbons (Fsp3) is 0.188. The van der Waals surface area contributed by atoms with Crippen LogP contribution in [0.15, 0.2) is 42.5 Å². The van der Waals surface area contributed by atoms with Crippen molar-refractivity contribution in [3.8, 4) is 0 Å². The molecule has 0 atom stereocenters. The summed E-state index contributed by atoms with van der Waals surface area (Å²) in [6.07, 6.45) is 2.06. The predicted molar refractivity (Wildman–Crippen MR) is 87.8 cm³/mol. The summed E-state index contributed by atoms with van der Waals surface area (Å²) in [5.74, 6) is 0.851. The Morgan fingerprint density at radius 3 is 2.50 bits per heavy atom. The van der Waals surface area contributed by atoms with Gasteiger partial charge in [-0.1, -0.05) is 23.7 Å². The summed E-state index contributed by atoms with van der Waals surface area (Å²) in [4.78, 5) is 12.2. The molecule has 2 aromatic carbocycles. The van der Waals surface area contributed by atoms with Gasteiger partial charge in [-0.2, -0.15) is 11.8 Å². The minimum absolute atomic E-state index is 0.105. The largest absolute Gasteiger partial charge is 0.322 e. The molecule has 0 spiro atoms. The van der Waals surface area contributed by atoms with E-state index in [9.17, 15) is 4.79 Å². The zero-order valence-corrected chi connectivity index (χ0v) is 13.0. The van der Waals surface area contributed by atoms with Gasteiger partial charge in [0, 0.05) is 22.0 Å². The normalized spacial score (nSPS) is 10.3. The van der Waals surface area contributed by atoms with Gasteiger partial charge in [0.2, 0.25) is 0 Å². The molecule has 2 rings (SSSR count). The number of nitrogens with one attached hydrogen (secondary N) is 1. The number of benzene rings is 2. The maximum Gasteiger partial charge on any atom is 0.255 e. The molecule has 0 aromatic heterocycles. The molecule has 0 unspecified atom stereocenters. The third-order valence-electron chi connectivity index (χ3n) is 2.96. The van der Waals surface area contributed by atoms with Crippen molar-refractivity contribution in [2.75, 3.05) is 11.6 Å². The molecule has 2 nitrogen and oxygen atoms in total. The summed E-state index contributed by atoms with van der Waals surface area (Å²) in [6, 6.07) is 13.1. The molecular formula is C16H16ClNOS. The van der Waals surface area contributed by atoms with Crippen LogP contribution in [0, 0.1) is 6.92 Å². The van der Waals surface area contributed by atoms with E-state index < -0.39 is 0 Å². The highest BCUT2D eigenvalue weighted by Crippen LogP contribution is 2.20. The van der Waals surface area contributed by atoms with Gasteiger partial charge in [0.05, 0.1) is 0 Å².